The summed E-state index contributed by atoms with van der Waals surface area (Å²) in [7, 11) is 0. The number of benzene rings is 2. The van der Waals surface area contributed by atoms with Gasteiger partial charge in [-0.25, -0.2) is 9.18 Å². The number of carboxylic acids is 1. The standard InChI is InChI=1S/C16H12FNO4/c17-13-3-1-2-10-7-18(8-12(10)13)15(20)9-4-5-14(19)11(6-9)16(21)22/h1-6,19H,7-8H2,(H,21,22). The molecule has 3 rings (SSSR count). The minimum absolute atomic E-state index is 0.142. The number of amides is 1. The molecule has 0 bridgehead atoms. The Morgan fingerprint density at radius 2 is 1.91 bits per heavy atom. The average molecular weight is 301 g/mol. The van der Waals surface area contributed by atoms with E-state index in [1.165, 1.54) is 23.1 Å². The summed E-state index contributed by atoms with van der Waals surface area (Å²) in [4.78, 5) is 24.9. The highest BCUT2D eigenvalue weighted by Crippen LogP contribution is 2.27. The quantitative estimate of drug-likeness (QED) is 0.892. The maximum Gasteiger partial charge on any atom is 0.339 e. The van der Waals surface area contributed by atoms with Crippen LogP contribution >= 0.6 is 0 Å². The lowest BCUT2D eigenvalue weighted by Crippen LogP contribution is -2.25. The number of rotatable bonds is 2. The van der Waals surface area contributed by atoms with Gasteiger partial charge < -0.3 is 15.1 Å². The maximum atomic E-state index is 13.7. The molecule has 2 N–H and O–H groups in total. The Morgan fingerprint density at radius 1 is 1.14 bits per heavy atom. The predicted molar refractivity (Wildman–Crippen MR) is 75.0 cm³/mol. The largest absolute Gasteiger partial charge is 0.507 e. The molecule has 1 heterocycles. The molecule has 0 fully saturated rings. The van der Waals surface area contributed by atoms with E-state index >= 15 is 0 Å². The van der Waals surface area contributed by atoms with Crippen molar-refractivity contribution in [3.8, 4) is 5.75 Å². The minimum atomic E-state index is -1.32. The monoisotopic (exact) mass is 301 g/mol. The second kappa shape index (κ2) is 5.14. The smallest absolute Gasteiger partial charge is 0.339 e. The lowest BCUT2D eigenvalue weighted by molar-refractivity contribution is 0.0693. The number of carboxylic acid groups (broad SMARTS) is 1. The fourth-order valence-corrected chi connectivity index (χ4v) is 2.55. The Labute approximate surface area is 125 Å². The van der Waals surface area contributed by atoms with E-state index in [1.807, 2.05) is 0 Å². The highest BCUT2D eigenvalue weighted by atomic mass is 19.1. The molecule has 22 heavy (non-hydrogen) atoms. The number of fused-ring (bicyclic) bond motifs is 1. The summed E-state index contributed by atoms with van der Waals surface area (Å²) in [5.41, 5.74) is 1.02. The fraction of sp³-hybridized carbons (Fsp3) is 0.125. The van der Waals surface area contributed by atoms with Gasteiger partial charge in [0.1, 0.15) is 17.1 Å². The second-order valence-corrected chi connectivity index (χ2v) is 5.08. The average Bonchev–Trinajstić information content (AvgIpc) is 2.92. The normalized spacial score (nSPS) is 13.0. The van der Waals surface area contributed by atoms with E-state index in [4.69, 9.17) is 5.11 Å². The Morgan fingerprint density at radius 3 is 2.59 bits per heavy atom. The Hall–Kier alpha value is -2.89. The Kier molecular flexibility index (Phi) is 3.29. The number of hydrogen-bond acceptors (Lipinski definition) is 3. The van der Waals surface area contributed by atoms with Gasteiger partial charge in [0.15, 0.2) is 0 Å². The van der Waals surface area contributed by atoms with Crippen molar-refractivity contribution in [2.45, 2.75) is 13.1 Å². The molecule has 2 aromatic rings. The molecule has 0 aromatic heterocycles. The van der Waals surface area contributed by atoms with Crippen molar-refractivity contribution in [2.75, 3.05) is 0 Å². The zero-order valence-corrected chi connectivity index (χ0v) is 11.4. The van der Waals surface area contributed by atoms with Crippen LogP contribution in [0.3, 0.4) is 0 Å². The molecule has 112 valence electrons. The van der Waals surface area contributed by atoms with Crippen LogP contribution in [0.1, 0.15) is 31.8 Å². The summed E-state index contributed by atoms with van der Waals surface area (Å²) in [6.45, 7) is 0.416. The van der Waals surface area contributed by atoms with Crippen LogP contribution in [0.4, 0.5) is 4.39 Å². The first-order valence-electron chi connectivity index (χ1n) is 6.59. The van der Waals surface area contributed by atoms with E-state index in [2.05, 4.69) is 0 Å². The van der Waals surface area contributed by atoms with Gasteiger partial charge in [0.2, 0.25) is 0 Å². The van der Waals surface area contributed by atoms with Gasteiger partial charge in [-0.15, -0.1) is 0 Å². The fourth-order valence-electron chi connectivity index (χ4n) is 2.55. The van der Waals surface area contributed by atoms with Crippen LogP contribution < -0.4 is 0 Å². The van der Waals surface area contributed by atoms with Gasteiger partial charge in [-0.1, -0.05) is 12.1 Å². The molecule has 1 aliphatic rings. The third-order valence-corrected chi connectivity index (χ3v) is 3.69. The van der Waals surface area contributed by atoms with Gasteiger partial charge in [0.25, 0.3) is 5.91 Å². The number of hydrogen-bond donors (Lipinski definition) is 2. The van der Waals surface area contributed by atoms with Crippen molar-refractivity contribution >= 4 is 11.9 Å². The first-order valence-corrected chi connectivity index (χ1v) is 6.59. The molecule has 0 aliphatic carbocycles. The Bertz CT molecular complexity index is 788. The molecule has 0 unspecified atom stereocenters. The SMILES string of the molecule is O=C(O)c1cc(C(=O)N2Cc3cccc(F)c3C2)ccc1O. The number of aromatic carboxylic acids is 1. The molecule has 5 nitrogen and oxygen atoms in total. The van der Waals surface area contributed by atoms with Crippen LogP contribution in [-0.2, 0) is 13.1 Å². The van der Waals surface area contributed by atoms with Gasteiger partial charge >= 0.3 is 5.97 Å². The van der Waals surface area contributed by atoms with Gasteiger partial charge in [-0.3, -0.25) is 4.79 Å². The number of carbonyl (C=O) groups is 2. The van der Waals surface area contributed by atoms with Gasteiger partial charge in [0, 0.05) is 24.2 Å². The van der Waals surface area contributed by atoms with E-state index in [9.17, 15) is 19.1 Å². The van der Waals surface area contributed by atoms with Gasteiger partial charge in [-0.2, -0.15) is 0 Å². The molecule has 0 saturated carbocycles. The van der Waals surface area contributed by atoms with E-state index in [0.29, 0.717) is 5.56 Å². The third-order valence-electron chi connectivity index (χ3n) is 3.69. The number of carbonyl (C=O) groups excluding carboxylic acids is 1. The summed E-state index contributed by atoms with van der Waals surface area (Å²) < 4.78 is 13.7. The van der Waals surface area contributed by atoms with Crippen LogP contribution in [0.2, 0.25) is 0 Å². The highest BCUT2D eigenvalue weighted by molar-refractivity contribution is 5.99. The maximum absolute atomic E-state index is 13.7. The topological polar surface area (TPSA) is 77.8 Å². The number of halogens is 1. The number of phenols is 1. The number of aromatic hydroxyl groups is 1. The van der Waals surface area contributed by atoms with Crippen LogP contribution in [0.5, 0.6) is 5.75 Å². The van der Waals surface area contributed by atoms with Crippen molar-refractivity contribution in [1.82, 2.24) is 4.90 Å². The summed E-state index contributed by atoms with van der Waals surface area (Å²) in [5, 5.41) is 18.5. The molecule has 1 amide bonds. The summed E-state index contributed by atoms with van der Waals surface area (Å²) in [6.07, 6.45) is 0. The molecule has 0 saturated heterocycles. The molecular weight excluding hydrogens is 289 g/mol. The summed E-state index contributed by atoms with van der Waals surface area (Å²) in [5.74, 6) is -2.48. The third kappa shape index (κ3) is 2.28. The molecule has 0 spiro atoms. The predicted octanol–water partition coefficient (Wildman–Crippen LogP) is 2.39. The zero-order valence-electron chi connectivity index (χ0n) is 11.4. The second-order valence-electron chi connectivity index (χ2n) is 5.08. The highest BCUT2D eigenvalue weighted by Gasteiger charge is 2.27. The van der Waals surface area contributed by atoms with E-state index in [0.717, 1.165) is 11.6 Å². The van der Waals surface area contributed by atoms with Gasteiger partial charge in [-0.05, 0) is 29.8 Å². The van der Waals surface area contributed by atoms with Crippen molar-refractivity contribution in [2.24, 2.45) is 0 Å². The lowest BCUT2D eigenvalue weighted by Gasteiger charge is -2.16. The summed E-state index contributed by atoms with van der Waals surface area (Å²) in [6, 6.07) is 8.33. The van der Waals surface area contributed by atoms with Crippen LogP contribution in [-0.4, -0.2) is 27.0 Å². The molecular formula is C16H12FNO4. The molecule has 0 atom stereocenters. The first-order chi connectivity index (χ1) is 10.5. The van der Waals surface area contributed by atoms with Crippen molar-refractivity contribution < 1.29 is 24.2 Å². The first kappa shape index (κ1) is 14.1. The van der Waals surface area contributed by atoms with E-state index < -0.39 is 17.6 Å². The van der Waals surface area contributed by atoms with E-state index in [1.54, 1.807) is 12.1 Å². The molecule has 6 heteroatoms. The summed E-state index contributed by atoms with van der Waals surface area (Å²) >= 11 is 0. The van der Waals surface area contributed by atoms with Gasteiger partial charge in [0.05, 0.1) is 0 Å². The van der Waals surface area contributed by atoms with Crippen LogP contribution in [0.15, 0.2) is 36.4 Å². The van der Waals surface area contributed by atoms with Crippen molar-refractivity contribution in [1.29, 1.82) is 0 Å². The van der Waals surface area contributed by atoms with Crippen LogP contribution in [0, 0.1) is 5.82 Å². The molecule has 0 radical (unpaired) electrons. The van der Waals surface area contributed by atoms with Crippen molar-refractivity contribution in [3.05, 3.63) is 64.5 Å². The lowest BCUT2D eigenvalue weighted by atomic mass is 10.1. The minimum Gasteiger partial charge on any atom is -0.507 e. The van der Waals surface area contributed by atoms with E-state index in [-0.39, 0.29) is 30.0 Å². The Balaban J connectivity index is 1.89. The molecule has 1 aliphatic heterocycles. The zero-order chi connectivity index (χ0) is 15.9. The van der Waals surface area contributed by atoms with Crippen LogP contribution in [0.25, 0.3) is 0 Å². The molecule has 2 aromatic carbocycles. The number of nitrogens with zero attached hydrogens (tertiary/aromatic N) is 1. The van der Waals surface area contributed by atoms with Crippen molar-refractivity contribution in [3.63, 3.8) is 0 Å².